The Bertz CT molecular complexity index is 221. The van der Waals surface area contributed by atoms with Gasteiger partial charge in [-0.3, -0.25) is 0 Å². The van der Waals surface area contributed by atoms with Gasteiger partial charge in [-0.05, 0) is 25.7 Å². The van der Waals surface area contributed by atoms with E-state index in [0.717, 1.165) is 32.0 Å². The summed E-state index contributed by atoms with van der Waals surface area (Å²) in [4.78, 5) is 10.7. The summed E-state index contributed by atoms with van der Waals surface area (Å²) in [6, 6.07) is 0. The molecule has 1 heterocycles. The molecule has 0 aromatic carbocycles. The normalized spacial score (nSPS) is 35.3. The number of carbonyl (C=O) groups is 1. The molecule has 0 radical (unpaired) electrons. The van der Waals surface area contributed by atoms with Crippen LogP contribution in [0.3, 0.4) is 0 Å². The third-order valence-corrected chi connectivity index (χ3v) is 3.90. The van der Waals surface area contributed by atoms with E-state index in [4.69, 9.17) is 9.47 Å². The smallest absolute Gasteiger partial charge is 0.148 e. The molecule has 15 heavy (non-hydrogen) atoms. The third kappa shape index (κ3) is 2.08. The van der Waals surface area contributed by atoms with Gasteiger partial charge in [0.25, 0.3) is 0 Å². The summed E-state index contributed by atoms with van der Waals surface area (Å²) in [5.41, 5.74) is -0.101. The maximum Gasteiger partial charge on any atom is 0.148 e. The Morgan fingerprint density at radius 3 is 2.53 bits per heavy atom. The van der Waals surface area contributed by atoms with Crippen molar-refractivity contribution >= 4 is 6.29 Å². The van der Waals surface area contributed by atoms with Crippen LogP contribution in [0, 0.1) is 0 Å². The monoisotopic (exact) mass is 212 g/mol. The highest BCUT2D eigenvalue weighted by Crippen LogP contribution is 2.40. The number of rotatable bonds is 3. The van der Waals surface area contributed by atoms with Crippen LogP contribution in [0.5, 0.6) is 0 Å². The Morgan fingerprint density at radius 2 is 2.00 bits per heavy atom. The Balaban J connectivity index is 2.02. The first-order chi connectivity index (χ1) is 7.30. The van der Waals surface area contributed by atoms with Gasteiger partial charge >= 0.3 is 0 Å². The van der Waals surface area contributed by atoms with Crippen LogP contribution in [-0.2, 0) is 14.3 Å². The number of aldehydes is 1. The number of carbonyl (C=O) groups excluding carboxylic acids is 1. The SMILES string of the molecule is COC1(C2CCC(C=O)O2)CCCCC1. The summed E-state index contributed by atoms with van der Waals surface area (Å²) in [7, 11) is 1.78. The summed E-state index contributed by atoms with van der Waals surface area (Å²) < 4.78 is 11.5. The second-order valence-corrected chi connectivity index (χ2v) is 4.71. The van der Waals surface area contributed by atoms with Crippen molar-refractivity contribution in [3.63, 3.8) is 0 Å². The zero-order chi connectivity index (χ0) is 10.7. The molecule has 0 aromatic rings. The Labute approximate surface area is 91.1 Å². The summed E-state index contributed by atoms with van der Waals surface area (Å²) in [6.07, 6.45) is 8.61. The first-order valence-corrected chi connectivity index (χ1v) is 5.97. The second-order valence-electron chi connectivity index (χ2n) is 4.71. The van der Waals surface area contributed by atoms with Crippen LogP contribution < -0.4 is 0 Å². The van der Waals surface area contributed by atoms with E-state index in [1.165, 1.54) is 19.3 Å². The van der Waals surface area contributed by atoms with Crippen molar-refractivity contribution in [3.05, 3.63) is 0 Å². The quantitative estimate of drug-likeness (QED) is 0.672. The van der Waals surface area contributed by atoms with Gasteiger partial charge in [0.2, 0.25) is 0 Å². The van der Waals surface area contributed by atoms with E-state index in [1.54, 1.807) is 7.11 Å². The average molecular weight is 212 g/mol. The number of hydrogen-bond donors (Lipinski definition) is 0. The van der Waals surface area contributed by atoms with Crippen LogP contribution in [0.25, 0.3) is 0 Å². The molecule has 0 aromatic heterocycles. The second kappa shape index (κ2) is 4.62. The number of hydrogen-bond acceptors (Lipinski definition) is 3. The first kappa shape index (κ1) is 11.1. The van der Waals surface area contributed by atoms with E-state index in [-0.39, 0.29) is 17.8 Å². The number of ether oxygens (including phenoxy) is 2. The summed E-state index contributed by atoms with van der Waals surface area (Å²) >= 11 is 0. The molecule has 2 aliphatic rings. The lowest BCUT2D eigenvalue weighted by Gasteiger charge is -2.40. The highest BCUT2D eigenvalue weighted by molar-refractivity contribution is 5.56. The summed E-state index contributed by atoms with van der Waals surface area (Å²) in [6.45, 7) is 0. The van der Waals surface area contributed by atoms with E-state index in [0.29, 0.717) is 0 Å². The fourth-order valence-corrected chi connectivity index (χ4v) is 2.96. The van der Waals surface area contributed by atoms with Gasteiger partial charge in [0.1, 0.15) is 12.4 Å². The predicted molar refractivity (Wildman–Crippen MR) is 56.8 cm³/mol. The maximum atomic E-state index is 10.7. The lowest BCUT2D eigenvalue weighted by Crippen LogP contribution is -2.45. The molecule has 2 rings (SSSR count). The molecule has 2 unspecified atom stereocenters. The third-order valence-electron chi connectivity index (χ3n) is 3.90. The van der Waals surface area contributed by atoms with Gasteiger partial charge in [-0.2, -0.15) is 0 Å². The van der Waals surface area contributed by atoms with Crippen LogP contribution in [0.1, 0.15) is 44.9 Å². The highest BCUT2D eigenvalue weighted by Gasteiger charge is 2.44. The van der Waals surface area contributed by atoms with E-state index < -0.39 is 0 Å². The van der Waals surface area contributed by atoms with Gasteiger partial charge < -0.3 is 14.3 Å². The molecule has 0 amide bonds. The van der Waals surface area contributed by atoms with Crippen molar-refractivity contribution < 1.29 is 14.3 Å². The first-order valence-electron chi connectivity index (χ1n) is 5.97. The topological polar surface area (TPSA) is 35.5 Å². The largest absolute Gasteiger partial charge is 0.376 e. The van der Waals surface area contributed by atoms with Gasteiger partial charge in [0.15, 0.2) is 0 Å². The van der Waals surface area contributed by atoms with E-state index in [2.05, 4.69) is 0 Å². The molecule has 2 fully saturated rings. The zero-order valence-corrected chi connectivity index (χ0v) is 9.41. The van der Waals surface area contributed by atoms with Crippen LogP contribution >= 0.6 is 0 Å². The molecule has 0 N–H and O–H groups in total. The summed E-state index contributed by atoms with van der Waals surface area (Å²) in [5, 5.41) is 0. The van der Waals surface area contributed by atoms with E-state index in [1.807, 2.05) is 0 Å². The van der Waals surface area contributed by atoms with Crippen molar-refractivity contribution in [2.24, 2.45) is 0 Å². The Hall–Kier alpha value is -0.410. The van der Waals surface area contributed by atoms with Gasteiger partial charge in [0, 0.05) is 7.11 Å². The lowest BCUT2D eigenvalue weighted by atomic mass is 9.79. The van der Waals surface area contributed by atoms with E-state index in [9.17, 15) is 4.79 Å². The zero-order valence-electron chi connectivity index (χ0n) is 9.41. The van der Waals surface area contributed by atoms with Crippen molar-refractivity contribution in [3.8, 4) is 0 Å². The fraction of sp³-hybridized carbons (Fsp3) is 0.917. The van der Waals surface area contributed by atoms with Crippen LogP contribution in [0.2, 0.25) is 0 Å². The molecular formula is C12H20O3. The molecular weight excluding hydrogens is 192 g/mol. The van der Waals surface area contributed by atoms with Crippen molar-refractivity contribution in [2.45, 2.75) is 62.8 Å². The number of methoxy groups -OCH3 is 1. The summed E-state index contributed by atoms with van der Waals surface area (Å²) in [5.74, 6) is 0. The molecule has 3 heteroatoms. The van der Waals surface area contributed by atoms with Gasteiger partial charge in [-0.25, -0.2) is 0 Å². The van der Waals surface area contributed by atoms with Crippen LogP contribution in [-0.4, -0.2) is 31.2 Å². The van der Waals surface area contributed by atoms with Gasteiger partial charge in [-0.15, -0.1) is 0 Å². The molecule has 3 nitrogen and oxygen atoms in total. The van der Waals surface area contributed by atoms with Gasteiger partial charge in [0.05, 0.1) is 11.7 Å². The molecule has 1 aliphatic heterocycles. The minimum Gasteiger partial charge on any atom is -0.376 e. The van der Waals surface area contributed by atoms with E-state index >= 15 is 0 Å². The molecule has 0 bridgehead atoms. The molecule has 0 spiro atoms. The fourth-order valence-electron chi connectivity index (χ4n) is 2.96. The molecule has 1 saturated heterocycles. The average Bonchev–Trinajstić information content (AvgIpc) is 2.79. The van der Waals surface area contributed by atoms with Crippen molar-refractivity contribution in [2.75, 3.05) is 7.11 Å². The Kier molecular flexibility index (Phi) is 3.42. The minimum atomic E-state index is -0.191. The molecule has 1 aliphatic carbocycles. The standard InChI is InChI=1S/C12H20O3/c1-14-12(7-3-2-4-8-12)11-6-5-10(9-13)15-11/h9-11H,2-8H2,1H3. The lowest BCUT2D eigenvalue weighted by molar-refractivity contribution is -0.147. The van der Waals surface area contributed by atoms with Gasteiger partial charge in [-0.1, -0.05) is 19.3 Å². The molecule has 1 saturated carbocycles. The molecule has 86 valence electrons. The van der Waals surface area contributed by atoms with Crippen LogP contribution in [0.15, 0.2) is 0 Å². The maximum absolute atomic E-state index is 10.7. The molecule has 2 atom stereocenters. The van der Waals surface area contributed by atoms with Crippen molar-refractivity contribution in [1.82, 2.24) is 0 Å². The Morgan fingerprint density at radius 1 is 1.27 bits per heavy atom. The minimum absolute atomic E-state index is 0.101. The van der Waals surface area contributed by atoms with Crippen LogP contribution in [0.4, 0.5) is 0 Å². The van der Waals surface area contributed by atoms with Crippen molar-refractivity contribution in [1.29, 1.82) is 0 Å². The predicted octanol–water partition coefficient (Wildman–Crippen LogP) is 2.08. The highest BCUT2D eigenvalue weighted by atomic mass is 16.6.